The summed E-state index contributed by atoms with van der Waals surface area (Å²) in [5.41, 5.74) is 0. The van der Waals surface area contributed by atoms with Gasteiger partial charge in [-0.15, -0.1) is 0 Å². The number of ether oxygens (including phenoxy) is 3. The predicted molar refractivity (Wildman–Crippen MR) is 96.4 cm³/mol. The SMILES string of the molecule is O=C(O)C(COc1ccccc1)(Oc1ccccc1)Oc1ccccc1. The van der Waals surface area contributed by atoms with Gasteiger partial charge in [0, 0.05) is 0 Å². The van der Waals surface area contributed by atoms with E-state index in [9.17, 15) is 9.90 Å². The monoisotopic (exact) mass is 350 g/mol. The minimum Gasteiger partial charge on any atom is -0.485 e. The number of rotatable bonds is 8. The van der Waals surface area contributed by atoms with Crippen LogP contribution in [0.5, 0.6) is 17.2 Å². The van der Waals surface area contributed by atoms with Gasteiger partial charge in [0.15, 0.2) is 6.61 Å². The molecule has 0 aliphatic carbocycles. The molecule has 0 radical (unpaired) electrons. The molecule has 0 spiro atoms. The van der Waals surface area contributed by atoms with Crippen LogP contribution in [0, 0.1) is 0 Å². The minimum absolute atomic E-state index is 0.337. The van der Waals surface area contributed by atoms with E-state index in [1.807, 2.05) is 18.2 Å². The number of aliphatic carboxylic acids is 1. The lowest BCUT2D eigenvalue weighted by Gasteiger charge is -2.30. The summed E-state index contributed by atoms with van der Waals surface area (Å²) in [6.45, 7) is -0.337. The third-order valence-corrected chi connectivity index (χ3v) is 3.55. The Bertz CT molecular complexity index is 777. The van der Waals surface area contributed by atoms with Crippen molar-refractivity contribution in [3.63, 3.8) is 0 Å². The zero-order valence-electron chi connectivity index (χ0n) is 13.9. The average molecular weight is 350 g/mol. The Hall–Kier alpha value is -3.47. The maximum Gasteiger partial charge on any atom is 0.394 e. The number of carboxylic acids is 1. The molecule has 3 rings (SSSR count). The Morgan fingerprint density at radius 2 is 1.08 bits per heavy atom. The van der Waals surface area contributed by atoms with E-state index in [0.717, 1.165) is 0 Å². The highest BCUT2D eigenvalue weighted by Gasteiger charge is 2.46. The quantitative estimate of drug-likeness (QED) is 0.622. The second-order valence-electron chi connectivity index (χ2n) is 5.49. The maximum atomic E-state index is 12.1. The largest absolute Gasteiger partial charge is 0.485 e. The molecule has 0 amide bonds. The average Bonchev–Trinajstić information content (AvgIpc) is 2.68. The molecule has 5 nitrogen and oxygen atoms in total. The highest BCUT2D eigenvalue weighted by molar-refractivity contribution is 5.77. The summed E-state index contributed by atoms with van der Waals surface area (Å²) in [6, 6.07) is 26.2. The van der Waals surface area contributed by atoms with Crippen molar-refractivity contribution in [3.8, 4) is 17.2 Å². The topological polar surface area (TPSA) is 65.0 Å². The highest BCUT2D eigenvalue weighted by Crippen LogP contribution is 2.25. The zero-order chi connectivity index (χ0) is 18.2. The molecule has 0 saturated heterocycles. The highest BCUT2D eigenvalue weighted by atomic mass is 16.7. The van der Waals surface area contributed by atoms with Gasteiger partial charge in [0.1, 0.15) is 17.2 Å². The van der Waals surface area contributed by atoms with Crippen molar-refractivity contribution in [3.05, 3.63) is 91.0 Å². The van der Waals surface area contributed by atoms with E-state index in [1.54, 1.807) is 72.8 Å². The van der Waals surface area contributed by atoms with Gasteiger partial charge in [0.25, 0.3) is 0 Å². The second kappa shape index (κ2) is 8.07. The molecule has 0 saturated carbocycles. The van der Waals surface area contributed by atoms with Crippen LogP contribution in [0.25, 0.3) is 0 Å². The summed E-state index contributed by atoms with van der Waals surface area (Å²) in [4.78, 5) is 12.1. The first-order chi connectivity index (χ1) is 12.7. The first kappa shape index (κ1) is 17.4. The van der Waals surface area contributed by atoms with Gasteiger partial charge in [-0.25, -0.2) is 4.79 Å². The molecule has 0 aromatic heterocycles. The van der Waals surface area contributed by atoms with Crippen LogP contribution in [0.4, 0.5) is 0 Å². The van der Waals surface area contributed by atoms with Gasteiger partial charge >= 0.3 is 11.8 Å². The number of para-hydroxylation sites is 3. The molecule has 0 aliphatic heterocycles. The smallest absolute Gasteiger partial charge is 0.394 e. The van der Waals surface area contributed by atoms with Crippen LogP contribution in [0.1, 0.15) is 0 Å². The van der Waals surface area contributed by atoms with E-state index in [1.165, 1.54) is 0 Å². The summed E-state index contributed by atoms with van der Waals surface area (Å²) in [5, 5.41) is 9.89. The minimum atomic E-state index is -2.04. The molecule has 3 aromatic rings. The molecule has 0 unspecified atom stereocenters. The normalized spacial score (nSPS) is 10.8. The molecule has 5 heteroatoms. The molecule has 1 N–H and O–H groups in total. The lowest BCUT2D eigenvalue weighted by molar-refractivity contribution is -0.192. The van der Waals surface area contributed by atoms with Crippen molar-refractivity contribution in [1.82, 2.24) is 0 Å². The molecule has 0 atom stereocenters. The summed E-state index contributed by atoms with van der Waals surface area (Å²) in [6.07, 6.45) is 0. The molecule has 0 aliphatic rings. The van der Waals surface area contributed by atoms with E-state index in [0.29, 0.717) is 17.2 Å². The molecule has 0 heterocycles. The Morgan fingerprint density at radius 1 is 0.692 bits per heavy atom. The van der Waals surface area contributed by atoms with E-state index in [2.05, 4.69) is 0 Å². The van der Waals surface area contributed by atoms with Gasteiger partial charge in [-0.2, -0.15) is 0 Å². The summed E-state index contributed by atoms with van der Waals surface area (Å²) in [7, 11) is 0. The Morgan fingerprint density at radius 3 is 1.46 bits per heavy atom. The third-order valence-electron chi connectivity index (χ3n) is 3.55. The Kier molecular flexibility index (Phi) is 5.39. The molecular formula is C21H18O5. The van der Waals surface area contributed by atoms with E-state index in [-0.39, 0.29) is 6.61 Å². The number of hydrogen-bond donors (Lipinski definition) is 1. The Balaban J connectivity index is 1.90. The fraction of sp³-hybridized carbons (Fsp3) is 0.0952. The predicted octanol–water partition coefficient (Wildman–Crippen LogP) is 4.00. The molecule has 26 heavy (non-hydrogen) atoms. The second-order valence-corrected chi connectivity index (χ2v) is 5.49. The van der Waals surface area contributed by atoms with Crippen LogP contribution in [0.15, 0.2) is 91.0 Å². The van der Waals surface area contributed by atoms with Gasteiger partial charge in [0.05, 0.1) is 0 Å². The van der Waals surface area contributed by atoms with Crippen LogP contribution in [-0.2, 0) is 4.79 Å². The number of hydrogen-bond acceptors (Lipinski definition) is 4. The first-order valence-corrected chi connectivity index (χ1v) is 8.07. The van der Waals surface area contributed by atoms with Crippen molar-refractivity contribution in [2.24, 2.45) is 0 Å². The fourth-order valence-corrected chi connectivity index (χ4v) is 2.28. The van der Waals surface area contributed by atoms with Crippen molar-refractivity contribution >= 4 is 5.97 Å². The van der Waals surface area contributed by atoms with Crippen molar-refractivity contribution in [2.45, 2.75) is 5.79 Å². The Labute approximate surface area is 151 Å². The maximum absolute atomic E-state index is 12.1. The summed E-state index contributed by atoms with van der Waals surface area (Å²) < 4.78 is 17.1. The molecule has 3 aromatic carbocycles. The van der Waals surface area contributed by atoms with E-state index >= 15 is 0 Å². The first-order valence-electron chi connectivity index (χ1n) is 8.07. The van der Waals surface area contributed by atoms with Crippen LogP contribution >= 0.6 is 0 Å². The summed E-state index contributed by atoms with van der Waals surface area (Å²) >= 11 is 0. The van der Waals surface area contributed by atoms with Crippen LogP contribution in [-0.4, -0.2) is 23.5 Å². The number of carboxylic acid groups (broad SMARTS) is 1. The summed E-state index contributed by atoms with van der Waals surface area (Å²) in [5.74, 6) is -2.09. The van der Waals surface area contributed by atoms with Crippen molar-refractivity contribution in [1.29, 1.82) is 0 Å². The van der Waals surface area contributed by atoms with Crippen molar-refractivity contribution in [2.75, 3.05) is 6.61 Å². The van der Waals surface area contributed by atoms with Gasteiger partial charge in [-0.1, -0.05) is 54.6 Å². The zero-order valence-corrected chi connectivity index (χ0v) is 13.9. The molecule has 0 fully saturated rings. The van der Waals surface area contributed by atoms with Gasteiger partial charge in [0.2, 0.25) is 0 Å². The lowest BCUT2D eigenvalue weighted by atomic mass is 10.2. The third kappa shape index (κ3) is 4.33. The molecular weight excluding hydrogens is 332 g/mol. The van der Waals surface area contributed by atoms with Gasteiger partial charge in [-0.05, 0) is 36.4 Å². The molecule has 132 valence electrons. The van der Waals surface area contributed by atoms with Crippen LogP contribution < -0.4 is 14.2 Å². The van der Waals surface area contributed by atoms with Crippen LogP contribution in [0.2, 0.25) is 0 Å². The van der Waals surface area contributed by atoms with Crippen LogP contribution in [0.3, 0.4) is 0 Å². The fourth-order valence-electron chi connectivity index (χ4n) is 2.28. The van der Waals surface area contributed by atoms with Crippen molar-refractivity contribution < 1.29 is 24.1 Å². The number of carbonyl (C=O) groups is 1. The van der Waals surface area contributed by atoms with E-state index in [4.69, 9.17) is 14.2 Å². The number of benzene rings is 3. The van der Waals surface area contributed by atoms with Gasteiger partial charge < -0.3 is 19.3 Å². The standard InChI is InChI=1S/C21H18O5/c22-20(23)21(25-18-12-6-2-7-13-18,26-19-14-8-3-9-15-19)16-24-17-10-4-1-5-11-17/h1-15H,16H2,(H,22,23). The molecule has 0 bridgehead atoms. The van der Waals surface area contributed by atoms with E-state index < -0.39 is 11.8 Å². The lowest BCUT2D eigenvalue weighted by Crippen LogP contribution is -2.54. The van der Waals surface area contributed by atoms with Gasteiger partial charge in [-0.3, -0.25) is 0 Å².